The maximum Gasteiger partial charge on any atom is 0.303 e. The molecule has 4 nitrogen and oxygen atoms in total. The first-order valence-corrected chi connectivity index (χ1v) is 6.36. The number of rotatable bonds is 3. The standard InChI is InChI=1S/C15H18O4/c1-5-13-12-8-10(18-4)6-7-11(12)14(17)15(13,3)19-9(2)16/h6-8,13H,5H2,1-4H3. The van der Waals surface area contributed by atoms with Crippen molar-refractivity contribution in [1.29, 1.82) is 0 Å². The van der Waals surface area contributed by atoms with Gasteiger partial charge < -0.3 is 9.47 Å². The maximum absolute atomic E-state index is 12.5. The van der Waals surface area contributed by atoms with E-state index in [2.05, 4.69) is 0 Å². The molecular weight excluding hydrogens is 244 g/mol. The summed E-state index contributed by atoms with van der Waals surface area (Å²) in [6.45, 7) is 5.00. The fourth-order valence-corrected chi connectivity index (χ4v) is 2.91. The van der Waals surface area contributed by atoms with Crippen molar-refractivity contribution >= 4 is 11.8 Å². The quantitative estimate of drug-likeness (QED) is 0.786. The van der Waals surface area contributed by atoms with E-state index in [9.17, 15) is 9.59 Å². The van der Waals surface area contributed by atoms with E-state index in [1.54, 1.807) is 26.2 Å². The van der Waals surface area contributed by atoms with E-state index in [0.29, 0.717) is 11.3 Å². The summed E-state index contributed by atoms with van der Waals surface area (Å²) in [4.78, 5) is 23.8. The van der Waals surface area contributed by atoms with Gasteiger partial charge in [0.2, 0.25) is 5.78 Å². The minimum absolute atomic E-state index is 0.131. The number of esters is 1. The van der Waals surface area contributed by atoms with Gasteiger partial charge in [-0.3, -0.25) is 9.59 Å². The fraction of sp³-hybridized carbons (Fsp3) is 0.467. The minimum atomic E-state index is -1.10. The molecule has 0 aromatic heterocycles. The second kappa shape index (κ2) is 4.68. The number of hydrogen-bond acceptors (Lipinski definition) is 4. The van der Waals surface area contributed by atoms with E-state index in [4.69, 9.17) is 9.47 Å². The average molecular weight is 262 g/mol. The number of ketones is 1. The van der Waals surface area contributed by atoms with Gasteiger partial charge in [-0.1, -0.05) is 6.92 Å². The molecule has 0 saturated carbocycles. The SMILES string of the molecule is CCC1c2cc(OC)ccc2C(=O)C1(C)OC(C)=O. The van der Waals surface area contributed by atoms with Gasteiger partial charge in [0.25, 0.3) is 0 Å². The molecule has 1 aromatic rings. The summed E-state index contributed by atoms with van der Waals surface area (Å²) in [6, 6.07) is 5.35. The Morgan fingerprint density at radius 1 is 1.42 bits per heavy atom. The zero-order valence-corrected chi connectivity index (χ0v) is 11.6. The summed E-state index contributed by atoms with van der Waals surface area (Å²) in [6.07, 6.45) is 0.718. The lowest BCUT2D eigenvalue weighted by molar-refractivity contribution is -0.152. The molecule has 1 aromatic carbocycles. The van der Waals surface area contributed by atoms with Crippen LogP contribution >= 0.6 is 0 Å². The first kappa shape index (κ1) is 13.6. The Labute approximate surface area is 112 Å². The highest BCUT2D eigenvalue weighted by molar-refractivity contribution is 6.08. The molecule has 102 valence electrons. The molecule has 1 aliphatic rings. The van der Waals surface area contributed by atoms with Crippen molar-refractivity contribution in [3.05, 3.63) is 29.3 Å². The van der Waals surface area contributed by atoms with Crippen molar-refractivity contribution in [1.82, 2.24) is 0 Å². The van der Waals surface area contributed by atoms with E-state index in [1.165, 1.54) is 6.92 Å². The summed E-state index contributed by atoms with van der Waals surface area (Å²) in [5.74, 6) is 0.00680. The van der Waals surface area contributed by atoms with Crippen LogP contribution < -0.4 is 4.74 Å². The number of carbonyl (C=O) groups is 2. The summed E-state index contributed by atoms with van der Waals surface area (Å²) in [5, 5.41) is 0. The van der Waals surface area contributed by atoms with Gasteiger partial charge in [-0.2, -0.15) is 0 Å². The molecule has 2 unspecified atom stereocenters. The zero-order valence-electron chi connectivity index (χ0n) is 11.6. The molecule has 2 rings (SSSR count). The van der Waals surface area contributed by atoms with Gasteiger partial charge in [0.05, 0.1) is 7.11 Å². The van der Waals surface area contributed by atoms with Crippen LogP contribution in [-0.4, -0.2) is 24.5 Å². The normalized spacial score (nSPS) is 25.1. The second-order valence-corrected chi connectivity index (χ2v) is 4.94. The first-order chi connectivity index (χ1) is 8.93. The van der Waals surface area contributed by atoms with Gasteiger partial charge >= 0.3 is 5.97 Å². The van der Waals surface area contributed by atoms with Crippen molar-refractivity contribution in [3.63, 3.8) is 0 Å². The van der Waals surface area contributed by atoms with Crippen molar-refractivity contribution in [2.75, 3.05) is 7.11 Å². The molecule has 2 atom stereocenters. The number of ether oxygens (including phenoxy) is 2. The third kappa shape index (κ3) is 2.01. The number of carbonyl (C=O) groups excluding carboxylic acids is 2. The molecule has 0 fully saturated rings. The monoisotopic (exact) mass is 262 g/mol. The van der Waals surface area contributed by atoms with Gasteiger partial charge in [0.1, 0.15) is 5.75 Å². The Morgan fingerprint density at radius 2 is 2.11 bits per heavy atom. The molecule has 4 heteroatoms. The van der Waals surface area contributed by atoms with Crippen LogP contribution in [0.25, 0.3) is 0 Å². The molecule has 19 heavy (non-hydrogen) atoms. The van der Waals surface area contributed by atoms with E-state index < -0.39 is 11.6 Å². The number of Topliss-reactive ketones (excluding diaryl/α,β-unsaturated/α-hetero) is 1. The van der Waals surface area contributed by atoms with Crippen LogP contribution in [-0.2, 0) is 9.53 Å². The number of hydrogen-bond donors (Lipinski definition) is 0. The molecule has 0 bridgehead atoms. The Kier molecular flexibility index (Phi) is 3.35. The van der Waals surface area contributed by atoms with E-state index >= 15 is 0 Å². The fourth-order valence-electron chi connectivity index (χ4n) is 2.91. The van der Waals surface area contributed by atoms with Crippen molar-refractivity contribution < 1.29 is 19.1 Å². The Morgan fingerprint density at radius 3 is 2.63 bits per heavy atom. The van der Waals surface area contributed by atoms with Crippen LogP contribution in [0.5, 0.6) is 5.75 Å². The Balaban J connectivity index is 2.53. The van der Waals surface area contributed by atoms with Crippen molar-refractivity contribution in [2.24, 2.45) is 0 Å². The van der Waals surface area contributed by atoms with Crippen LogP contribution in [0.15, 0.2) is 18.2 Å². The molecular formula is C15H18O4. The Hall–Kier alpha value is -1.84. The second-order valence-electron chi connectivity index (χ2n) is 4.94. The summed E-state index contributed by atoms with van der Waals surface area (Å²) < 4.78 is 10.5. The van der Waals surface area contributed by atoms with Crippen LogP contribution in [0.2, 0.25) is 0 Å². The lowest BCUT2D eigenvalue weighted by Crippen LogP contribution is -2.40. The van der Waals surface area contributed by atoms with E-state index in [0.717, 1.165) is 12.0 Å². The van der Waals surface area contributed by atoms with Crippen LogP contribution in [0, 0.1) is 0 Å². The molecule has 1 aliphatic carbocycles. The first-order valence-electron chi connectivity index (χ1n) is 6.36. The smallest absolute Gasteiger partial charge is 0.303 e. The van der Waals surface area contributed by atoms with Gasteiger partial charge in [0.15, 0.2) is 5.60 Å². The van der Waals surface area contributed by atoms with Gasteiger partial charge in [0, 0.05) is 18.4 Å². The lowest BCUT2D eigenvalue weighted by atomic mass is 9.87. The van der Waals surface area contributed by atoms with Crippen molar-refractivity contribution in [3.8, 4) is 5.75 Å². The van der Waals surface area contributed by atoms with E-state index in [1.807, 2.05) is 13.0 Å². The predicted molar refractivity (Wildman–Crippen MR) is 70.5 cm³/mol. The average Bonchev–Trinajstić information content (AvgIpc) is 2.56. The molecule has 0 saturated heterocycles. The Bertz CT molecular complexity index is 535. The summed E-state index contributed by atoms with van der Waals surface area (Å²) in [5.41, 5.74) is 0.418. The molecule has 0 aliphatic heterocycles. The van der Waals surface area contributed by atoms with Gasteiger partial charge in [-0.15, -0.1) is 0 Å². The van der Waals surface area contributed by atoms with Crippen LogP contribution in [0.1, 0.15) is 49.0 Å². The minimum Gasteiger partial charge on any atom is -0.497 e. The van der Waals surface area contributed by atoms with Crippen LogP contribution in [0.3, 0.4) is 0 Å². The van der Waals surface area contributed by atoms with Gasteiger partial charge in [-0.05, 0) is 37.1 Å². The summed E-state index contributed by atoms with van der Waals surface area (Å²) >= 11 is 0. The highest BCUT2D eigenvalue weighted by Gasteiger charge is 2.51. The number of methoxy groups -OCH3 is 1. The van der Waals surface area contributed by atoms with Crippen molar-refractivity contribution in [2.45, 2.75) is 38.7 Å². The third-order valence-corrected chi connectivity index (χ3v) is 3.76. The van der Waals surface area contributed by atoms with Crippen LogP contribution in [0.4, 0.5) is 0 Å². The zero-order chi connectivity index (χ0) is 14.2. The molecule has 0 spiro atoms. The highest BCUT2D eigenvalue weighted by atomic mass is 16.6. The molecule has 0 heterocycles. The lowest BCUT2D eigenvalue weighted by Gasteiger charge is -2.29. The topological polar surface area (TPSA) is 52.6 Å². The maximum atomic E-state index is 12.5. The molecule has 0 radical (unpaired) electrons. The molecule has 0 N–H and O–H groups in total. The van der Waals surface area contributed by atoms with Gasteiger partial charge in [-0.25, -0.2) is 0 Å². The highest BCUT2D eigenvalue weighted by Crippen LogP contribution is 2.46. The number of fused-ring (bicyclic) bond motifs is 1. The third-order valence-electron chi connectivity index (χ3n) is 3.76. The van der Waals surface area contributed by atoms with E-state index in [-0.39, 0.29) is 11.7 Å². The summed E-state index contributed by atoms with van der Waals surface area (Å²) in [7, 11) is 1.59. The molecule has 0 amide bonds. The largest absolute Gasteiger partial charge is 0.497 e. The predicted octanol–water partition coefficient (Wildman–Crippen LogP) is 2.71. The number of benzene rings is 1.